The number of nitrogens with one attached hydrogen (secondary N) is 1. The van der Waals surface area contributed by atoms with Crippen molar-refractivity contribution in [3.05, 3.63) is 41.1 Å². The van der Waals surface area contributed by atoms with Gasteiger partial charge in [0.05, 0.1) is 18.8 Å². The van der Waals surface area contributed by atoms with Crippen molar-refractivity contribution < 1.29 is 9.21 Å². The van der Waals surface area contributed by atoms with E-state index in [0.29, 0.717) is 6.54 Å². The average molecular weight is 290 g/mol. The Morgan fingerprint density at radius 3 is 2.76 bits per heavy atom. The van der Waals surface area contributed by atoms with Gasteiger partial charge in [0.25, 0.3) is 0 Å². The minimum Gasteiger partial charge on any atom is -0.466 e. The first-order valence-electron chi connectivity index (χ1n) is 6.93. The maximum absolute atomic E-state index is 12.2. The highest BCUT2D eigenvalue weighted by molar-refractivity contribution is 5.74. The molecule has 0 bridgehead atoms. The second kappa shape index (κ2) is 6.03. The van der Waals surface area contributed by atoms with Gasteiger partial charge in [-0.2, -0.15) is 5.10 Å². The molecule has 2 aromatic rings. The lowest BCUT2D eigenvalue weighted by molar-refractivity contribution is 0.203. The van der Waals surface area contributed by atoms with E-state index in [2.05, 4.69) is 10.4 Å². The van der Waals surface area contributed by atoms with E-state index in [1.807, 2.05) is 40.1 Å². The molecular weight excluding hydrogens is 268 g/mol. The molecule has 1 N–H and O–H groups in total. The molecule has 114 valence electrons. The van der Waals surface area contributed by atoms with Gasteiger partial charge < -0.3 is 14.6 Å². The largest absolute Gasteiger partial charge is 0.466 e. The molecule has 1 unspecified atom stereocenters. The maximum atomic E-state index is 12.2. The minimum absolute atomic E-state index is 0.0914. The summed E-state index contributed by atoms with van der Waals surface area (Å²) >= 11 is 0. The molecule has 0 saturated carbocycles. The third-order valence-electron chi connectivity index (χ3n) is 3.41. The summed E-state index contributed by atoms with van der Waals surface area (Å²) < 4.78 is 7.22. The Balaban J connectivity index is 1.95. The summed E-state index contributed by atoms with van der Waals surface area (Å²) in [6.45, 7) is 6.28. The molecule has 0 radical (unpaired) electrons. The maximum Gasteiger partial charge on any atom is 0.317 e. The zero-order valence-electron chi connectivity index (χ0n) is 13.2. The van der Waals surface area contributed by atoms with E-state index in [4.69, 9.17) is 4.42 Å². The van der Waals surface area contributed by atoms with Crippen molar-refractivity contribution in [3.63, 3.8) is 0 Å². The fourth-order valence-electron chi connectivity index (χ4n) is 2.35. The van der Waals surface area contributed by atoms with E-state index in [9.17, 15) is 4.79 Å². The zero-order chi connectivity index (χ0) is 15.6. The molecule has 0 aliphatic heterocycles. The van der Waals surface area contributed by atoms with E-state index in [1.165, 1.54) is 0 Å². The molecular formula is C15H22N4O2. The van der Waals surface area contributed by atoms with E-state index in [0.717, 1.165) is 22.6 Å². The van der Waals surface area contributed by atoms with Crippen LogP contribution in [0.1, 0.15) is 35.6 Å². The molecule has 2 heterocycles. The summed E-state index contributed by atoms with van der Waals surface area (Å²) in [6.07, 6.45) is 3.66. The fourth-order valence-corrected chi connectivity index (χ4v) is 2.35. The summed E-state index contributed by atoms with van der Waals surface area (Å²) in [5.41, 5.74) is 2.01. The van der Waals surface area contributed by atoms with Crippen molar-refractivity contribution in [1.29, 1.82) is 0 Å². The number of hydrogen-bond donors (Lipinski definition) is 1. The molecule has 0 aromatic carbocycles. The number of aryl methyl sites for hydroxylation is 3. The number of carbonyl (C=O) groups is 1. The smallest absolute Gasteiger partial charge is 0.317 e. The Bertz CT molecular complexity index is 629. The van der Waals surface area contributed by atoms with Crippen LogP contribution in [-0.2, 0) is 13.6 Å². The van der Waals surface area contributed by atoms with E-state index in [-0.39, 0.29) is 12.1 Å². The number of furan rings is 1. The van der Waals surface area contributed by atoms with Crippen LogP contribution in [-0.4, -0.2) is 27.8 Å². The molecule has 2 amide bonds. The molecule has 0 aliphatic rings. The van der Waals surface area contributed by atoms with Gasteiger partial charge in [-0.05, 0) is 26.8 Å². The molecule has 6 heteroatoms. The SMILES string of the molecule is Cc1cc(C(C)NC(=O)N(C)Cc2cnn(C)c2)c(C)o1. The van der Waals surface area contributed by atoms with Gasteiger partial charge in [-0.15, -0.1) is 0 Å². The minimum atomic E-state index is -0.121. The number of aromatic nitrogens is 2. The molecule has 21 heavy (non-hydrogen) atoms. The van der Waals surface area contributed by atoms with Crippen LogP contribution in [0.5, 0.6) is 0 Å². The van der Waals surface area contributed by atoms with Crippen molar-refractivity contribution in [1.82, 2.24) is 20.0 Å². The summed E-state index contributed by atoms with van der Waals surface area (Å²) in [6, 6.07) is 1.75. The summed E-state index contributed by atoms with van der Waals surface area (Å²) in [5.74, 6) is 1.70. The first-order chi connectivity index (χ1) is 9.86. The highest BCUT2D eigenvalue weighted by Crippen LogP contribution is 2.21. The van der Waals surface area contributed by atoms with Crippen molar-refractivity contribution in [3.8, 4) is 0 Å². The van der Waals surface area contributed by atoms with Crippen LogP contribution in [0, 0.1) is 13.8 Å². The monoisotopic (exact) mass is 290 g/mol. The molecule has 0 spiro atoms. The lowest BCUT2D eigenvalue weighted by atomic mass is 10.1. The summed E-state index contributed by atoms with van der Waals surface area (Å²) in [7, 11) is 3.62. The summed E-state index contributed by atoms with van der Waals surface area (Å²) in [5, 5.41) is 7.07. The standard InChI is InChI=1S/C15H22N4O2/c1-10-6-14(12(3)21-10)11(2)17-15(20)18(4)8-13-7-16-19(5)9-13/h6-7,9,11H,8H2,1-5H3,(H,17,20). The molecule has 2 rings (SSSR count). The van der Waals surface area contributed by atoms with Gasteiger partial charge in [0.15, 0.2) is 0 Å². The van der Waals surface area contributed by atoms with E-state index >= 15 is 0 Å². The van der Waals surface area contributed by atoms with Crippen LogP contribution < -0.4 is 5.32 Å². The van der Waals surface area contributed by atoms with Gasteiger partial charge >= 0.3 is 6.03 Å². The average Bonchev–Trinajstić information content (AvgIpc) is 2.95. The van der Waals surface area contributed by atoms with Gasteiger partial charge in [0.2, 0.25) is 0 Å². The lowest BCUT2D eigenvalue weighted by Gasteiger charge is -2.20. The first kappa shape index (κ1) is 15.2. The van der Waals surface area contributed by atoms with Crippen LogP contribution in [0.2, 0.25) is 0 Å². The number of nitrogens with zero attached hydrogens (tertiary/aromatic N) is 3. The highest BCUT2D eigenvalue weighted by atomic mass is 16.3. The van der Waals surface area contributed by atoms with Crippen LogP contribution in [0.25, 0.3) is 0 Å². The Hall–Kier alpha value is -2.24. The zero-order valence-corrected chi connectivity index (χ0v) is 13.2. The summed E-state index contributed by atoms with van der Waals surface area (Å²) in [4.78, 5) is 13.8. The number of carbonyl (C=O) groups excluding carboxylic acids is 1. The Morgan fingerprint density at radius 2 is 2.24 bits per heavy atom. The Labute approximate surface area is 124 Å². The normalized spacial score (nSPS) is 12.2. The number of hydrogen-bond acceptors (Lipinski definition) is 3. The quantitative estimate of drug-likeness (QED) is 0.941. The second-order valence-electron chi connectivity index (χ2n) is 5.42. The van der Waals surface area contributed by atoms with E-state index in [1.54, 1.807) is 22.8 Å². The number of urea groups is 1. The molecule has 1 atom stereocenters. The van der Waals surface area contributed by atoms with Crippen LogP contribution in [0.3, 0.4) is 0 Å². The first-order valence-corrected chi connectivity index (χ1v) is 6.93. The molecule has 0 fully saturated rings. The second-order valence-corrected chi connectivity index (χ2v) is 5.42. The van der Waals surface area contributed by atoms with Crippen LogP contribution in [0.4, 0.5) is 4.79 Å². The third kappa shape index (κ3) is 3.65. The fraction of sp³-hybridized carbons (Fsp3) is 0.467. The van der Waals surface area contributed by atoms with Crippen LogP contribution in [0.15, 0.2) is 22.9 Å². The predicted molar refractivity (Wildman–Crippen MR) is 79.8 cm³/mol. The number of amides is 2. The predicted octanol–water partition coefficient (Wildman–Crippen LogP) is 2.53. The van der Waals surface area contributed by atoms with Crippen LogP contribution >= 0.6 is 0 Å². The third-order valence-corrected chi connectivity index (χ3v) is 3.41. The van der Waals surface area contributed by atoms with Gasteiger partial charge in [-0.1, -0.05) is 0 Å². The van der Waals surface area contributed by atoms with Crippen molar-refractivity contribution in [2.75, 3.05) is 7.05 Å². The Kier molecular flexibility index (Phi) is 4.35. The van der Waals surface area contributed by atoms with E-state index < -0.39 is 0 Å². The topological polar surface area (TPSA) is 63.3 Å². The molecule has 6 nitrogen and oxygen atoms in total. The molecule has 0 saturated heterocycles. The van der Waals surface area contributed by atoms with Gasteiger partial charge in [0.1, 0.15) is 11.5 Å². The van der Waals surface area contributed by atoms with Crippen molar-refractivity contribution in [2.45, 2.75) is 33.4 Å². The molecule has 2 aromatic heterocycles. The van der Waals surface area contributed by atoms with Crippen molar-refractivity contribution >= 4 is 6.03 Å². The van der Waals surface area contributed by atoms with Gasteiger partial charge in [0, 0.05) is 31.4 Å². The lowest BCUT2D eigenvalue weighted by Crippen LogP contribution is -2.38. The van der Waals surface area contributed by atoms with Crippen molar-refractivity contribution in [2.24, 2.45) is 7.05 Å². The highest BCUT2D eigenvalue weighted by Gasteiger charge is 2.17. The molecule has 0 aliphatic carbocycles. The Morgan fingerprint density at radius 1 is 1.52 bits per heavy atom. The number of rotatable bonds is 4. The van der Waals surface area contributed by atoms with Gasteiger partial charge in [-0.25, -0.2) is 4.79 Å². The van der Waals surface area contributed by atoms with Gasteiger partial charge in [-0.3, -0.25) is 4.68 Å².